The lowest BCUT2D eigenvalue weighted by molar-refractivity contribution is -0.131. The molecule has 0 spiro atoms. The molecule has 6 nitrogen and oxygen atoms in total. The fourth-order valence-corrected chi connectivity index (χ4v) is 4.17. The summed E-state index contributed by atoms with van der Waals surface area (Å²) in [5.74, 6) is 1.43. The van der Waals surface area contributed by atoms with Crippen LogP contribution in [0.3, 0.4) is 0 Å². The number of hydrogen-bond acceptors (Lipinski definition) is 4. The maximum atomic E-state index is 12.5. The van der Waals surface area contributed by atoms with Crippen LogP contribution < -0.4 is 10.6 Å². The number of carbonyl (C=O) groups is 1. The van der Waals surface area contributed by atoms with Crippen LogP contribution in [-0.4, -0.2) is 56.2 Å². The monoisotopic (exact) mass is 394 g/mol. The molecule has 0 saturated heterocycles. The summed E-state index contributed by atoms with van der Waals surface area (Å²) in [6, 6.07) is 2.14. The molecule has 2 heterocycles. The van der Waals surface area contributed by atoms with E-state index in [9.17, 15) is 4.79 Å². The van der Waals surface area contributed by atoms with Gasteiger partial charge in [-0.25, -0.2) is 0 Å². The molecule has 1 amide bonds. The van der Waals surface area contributed by atoms with Gasteiger partial charge in [-0.05, 0) is 42.7 Å². The summed E-state index contributed by atoms with van der Waals surface area (Å²) >= 11 is 1.79. The van der Waals surface area contributed by atoms with E-state index in [4.69, 9.17) is 4.74 Å². The number of fused-ring (bicyclic) bond motifs is 1. The van der Waals surface area contributed by atoms with E-state index in [1.54, 1.807) is 18.4 Å². The van der Waals surface area contributed by atoms with Crippen LogP contribution in [0, 0.1) is 5.92 Å². The van der Waals surface area contributed by atoms with Crippen molar-refractivity contribution >= 4 is 23.2 Å². The molecular weight excluding hydrogens is 360 g/mol. The van der Waals surface area contributed by atoms with Crippen molar-refractivity contribution < 1.29 is 9.53 Å². The van der Waals surface area contributed by atoms with Gasteiger partial charge < -0.3 is 20.3 Å². The summed E-state index contributed by atoms with van der Waals surface area (Å²) in [5.41, 5.74) is 1.30. The number of rotatable bonds is 9. The smallest absolute Gasteiger partial charge is 0.224 e. The Kier molecular flexibility index (Phi) is 9.07. The van der Waals surface area contributed by atoms with E-state index in [0.717, 1.165) is 45.0 Å². The molecule has 0 radical (unpaired) electrons. The second kappa shape index (κ2) is 11.3. The lowest BCUT2D eigenvalue weighted by atomic mass is 10.0. The van der Waals surface area contributed by atoms with Crippen molar-refractivity contribution in [3.05, 3.63) is 21.9 Å². The molecule has 0 aliphatic carbocycles. The predicted octanol–water partition coefficient (Wildman–Crippen LogP) is 2.64. The highest BCUT2D eigenvalue weighted by molar-refractivity contribution is 7.10. The van der Waals surface area contributed by atoms with E-state index in [0.29, 0.717) is 18.9 Å². The molecule has 1 atom stereocenters. The van der Waals surface area contributed by atoms with Gasteiger partial charge in [0.05, 0.1) is 6.10 Å². The zero-order valence-electron chi connectivity index (χ0n) is 17.1. The molecule has 0 saturated carbocycles. The topological polar surface area (TPSA) is 66.0 Å². The molecule has 1 unspecified atom stereocenters. The lowest BCUT2D eigenvalue weighted by Gasteiger charge is -2.27. The highest BCUT2D eigenvalue weighted by Gasteiger charge is 2.21. The fourth-order valence-electron chi connectivity index (χ4n) is 3.28. The Hall–Kier alpha value is -1.60. The largest absolute Gasteiger partial charge is 0.378 e. The Balaban J connectivity index is 1.66. The predicted molar refractivity (Wildman–Crippen MR) is 112 cm³/mol. The molecule has 1 aliphatic rings. The maximum absolute atomic E-state index is 12.5. The SMILES string of the molecule is CCOC(CCNC(=NC)NCCC(=O)N1CCc2sccc2C1)C(C)C. The fraction of sp³-hybridized carbons (Fsp3) is 0.700. The van der Waals surface area contributed by atoms with Gasteiger partial charge in [0.2, 0.25) is 5.91 Å². The van der Waals surface area contributed by atoms with Crippen molar-refractivity contribution in [2.24, 2.45) is 10.9 Å². The maximum Gasteiger partial charge on any atom is 0.224 e. The van der Waals surface area contributed by atoms with Gasteiger partial charge in [0.15, 0.2) is 5.96 Å². The molecular formula is C20H34N4O2S. The lowest BCUT2D eigenvalue weighted by Crippen LogP contribution is -2.42. The number of hydrogen-bond donors (Lipinski definition) is 2. The molecule has 0 bridgehead atoms. The van der Waals surface area contributed by atoms with Crippen LogP contribution in [-0.2, 0) is 22.5 Å². The number of nitrogens with zero attached hydrogens (tertiary/aromatic N) is 2. The summed E-state index contributed by atoms with van der Waals surface area (Å²) in [4.78, 5) is 20.1. The molecule has 0 aromatic carbocycles. The third kappa shape index (κ3) is 6.81. The molecule has 0 fully saturated rings. The van der Waals surface area contributed by atoms with Gasteiger partial charge in [-0.3, -0.25) is 9.79 Å². The first-order chi connectivity index (χ1) is 13.0. The number of thiophene rings is 1. The number of aliphatic imine (C=N–C) groups is 1. The van der Waals surface area contributed by atoms with E-state index in [1.165, 1.54) is 10.4 Å². The zero-order chi connectivity index (χ0) is 19.6. The van der Waals surface area contributed by atoms with E-state index in [2.05, 4.69) is 40.9 Å². The number of ether oxygens (including phenoxy) is 1. The Morgan fingerprint density at radius 2 is 2.15 bits per heavy atom. The minimum Gasteiger partial charge on any atom is -0.378 e. The minimum absolute atomic E-state index is 0.200. The quantitative estimate of drug-likeness (QED) is 0.499. The van der Waals surface area contributed by atoms with Gasteiger partial charge in [-0.15, -0.1) is 11.3 Å². The number of nitrogens with one attached hydrogen (secondary N) is 2. The van der Waals surface area contributed by atoms with Gasteiger partial charge in [0.25, 0.3) is 0 Å². The van der Waals surface area contributed by atoms with Gasteiger partial charge in [0, 0.05) is 51.1 Å². The molecule has 27 heavy (non-hydrogen) atoms. The molecule has 7 heteroatoms. The zero-order valence-corrected chi connectivity index (χ0v) is 17.9. The van der Waals surface area contributed by atoms with Crippen molar-refractivity contribution in [1.82, 2.24) is 15.5 Å². The average Bonchev–Trinajstić information content (AvgIpc) is 3.13. The van der Waals surface area contributed by atoms with Crippen LogP contribution in [0.2, 0.25) is 0 Å². The first kappa shape index (κ1) is 21.7. The van der Waals surface area contributed by atoms with Gasteiger partial charge in [-0.2, -0.15) is 0 Å². The molecule has 2 N–H and O–H groups in total. The molecule has 152 valence electrons. The highest BCUT2D eigenvalue weighted by Crippen LogP contribution is 2.24. The van der Waals surface area contributed by atoms with E-state index >= 15 is 0 Å². The van der Waals surface area contributed by atoms with E-state index in [1.807, 2.05) is 11.8 Å². The van der Waals surface area contributed by atoms with Crippen LogP contribution in [0.1, 0.15) is 44.1 Å². The molecule has 1 aromatic rings. The summed E-state index contributed by atoms with van der Waals surface area (Å²) in [6.07, 6.45) is 2.64. The number of amides is 1. The van der Waals surface area contributed by atoms with Crippen molar-refractivity contribution in [3.8, 4) is 0 Å². The van der Waals surface area contributed by atoms with Crippen LogP contribution >= 0.6 is 11.3 Å². The van der Waals surface area contributed by atoms with Crippen molar-refractivity contribution in [3.63, 3.8) is 0 Å². The number of carbonyl (C=O) groups excluding carboxylic acids is 1. The first-order valence-corrected chi connectivity index (χ1v) is 10.8. The molecule has 1 aromatic heterocycles. The van der Waals surface area contributed by atoms with Gasteiger partial charge >= 0.3 is 0 Å². The normalized spacial score (nSPS) is 15.6. The summed E-state index contributed by atoms with van der Waals surface area (Å²) in [6.45, 7) is 10.1. The molecule has 2 rings (SSSR count). The minimum atomic E-state index is 0.200. The van der Waals surface area contributed by atoms with Crippen molar-refractivity contribution in [2.75, 3.05) is 33.3 Å². The number of guanidine groups is 1. The summed E-state index contributed by atoms with van der Waals surface area (Å²) in [5, 5.41) is 8.67. The van der Waals surface area contributed by atoms with Crippen LogP contribution in [0.15, 0.2) is 16.4 Å². The van der Waals surface area contributed by atoms with Gasteiger partial charge in [-0.1, -0.05) is 13.8 Å². The Morgan fingerprint density at radius 1 is 1.37 bits per heavy atom. The van der Waals surface area contributed by atoms with Crippen molar-refractivity contribution in [2.45, 2.75) is 52.7 Å². The Labute approximate surface area is 167 Å². The van der Waals surface area contributed by atoms with Crippen molar-refractivity contribution in [1.29, 1.82) is 0 Å². The molecule has 1 aliphatic heterocycles. The first-order valence-electron chi connectivity index (χ1n) is 9.94. The summed E-state index contributed by atoms with van der Waals surface area (Å²) in [7, 11) is 1.75. The Bertz CT molecular complexity index is 615. The third-order valence-corrected chi connectivity index (χ3v) is 5.88. The average molecular weight is 395 g/mol. The van der Waals surface area contributed by atoms with Crippen LogP contribution in [0.4, 0.5) is 0 Å². The van der Waals surface area contributed by atoms with Crippen LogP contribution in [0.25, 0.3) is 0 Å². The van der Waals surface area contributed by atoms with Gasteiger partial charge in [0.1, 0.15) is 0 Å². The standard InChI is InChI=1S/C20H34N4O2S/c1-5-26-17(15(2)3)6-10-22-20(21-4)23-11-7-19(25)24-12-8-18-16(14-24)9-13-27-18/h9,13,15,17H,5-8,10-12,14H2,1-4H3,(H2,21,22,23). The second-order valence-electron chi connectivity index (χ2n) is 7.14. The Morgan fingerprint density at radius 3 is 2.85 bits per heavy atom. The van der Waals surface area contributed by atoms with E-state index < -0.39 is 0 Å². The second-order valence-corrected chi connectivity index (χ2v) is 8.14. The third-order valence-electron chi connectivity index (χ3n) is 4.86. The summed E-state index contributed by atoms with van der Waals surface area (Å²) < 4.78 is 5.77. The highest BCUT2D eigenvalue weighted by atomic mass is 32.1. The van der Waals surface area contributed by atoms with E-state index in [-0.39, 0.29) is 12.0 Å². The van der Waals surface area contributed by atoms with Crippen LogP contribution in [0.5, 0.6) is 0 Å².